The molecule has 13 heterocycles. The van der Waals surface area contributed by atoms with Crippen LogP contribution in [0.2, 0.25) is 0 Å². The van der Waals surface area contributed by atoms with Gasteiger partial charge >= 0.3 is 18.0 Å². The molecule has 7 aromatic rings. The van der Waals surface area contributed by atoms with Crippen LogP contribution in [0, 0.1) is 39.4 Å². The van der Waals surface area contributed by atoms with Gasteiger partial charge in [-0.15, -0.1) is 0 Å². The van der Waals surface area contributed by atoms with Crippen molar-refractivity contribution in [1.29, 1.82) is 0 Å². The first kappa shape index (κ1) is 105. The van der Waals surface area contributed by atoms with E-state index in [0.717, 1.165) is 177 Å². The normalized spacial score (nSPS) is 20.3. The number of likely N-dealkylation sites (N-methyl/N-ethyl adjacent to an activating group) is 3. The highest BCUT2D eigenvalue weighted by Crippen LogP contribution is 2.39. The number of carbonyl (C=O) groups excluding carboxylic acids is 3. The predicted molar refractivity (Wildman–Crippen MR) is 538 cm³/mol. The number of aromatic nitrogens is 7. The summed E-state index contributed by atoms with van der Waals surface area (Å²) in [6.07, 6.45) is 17.7. The van der Waals surface area contributed by atoms with E-state index in [1.165, 1.54) is 47.1 Å². The van der Waals surface area contributed by atoms with Crippen molar-refractivity contribution in [2.75, 3.05) is 188 Å². The number of hydrogen-bond donors (Lipinski definition) is 1. The lowest BCUT2D eigenvalue weighted by Gasteiger charge is -2.40. The number of rotatable bonds is 22. The SMILES string of the molecule is S.S.S.S.S.S.[C-]#[N+]C[C@H]1CN(c2nc(OC[C@@H]3CCCN3C)nc3c2CCCN(c2c(C)cccc2F)C3)CCN1C(=O)C=C.[C-]#[N+]C[C@H]1CN(c2nc(OC[C@@H]3CCCN3C)nc3c2CCCN(c2ccccc2CO)C3)CCN1C(=O)C=C.[C-]#[N+]C[C@H]1CN(c2nc(OC[C@@H]3CCCN3C)nc3c2CCCN(c2nccc4cccc(C)c24)C3)CCN1C(=O)C=C. The molecule has 129 heavy (non-hydrogen) atoms. The summed E-state index contributed by atoms with van der Waals surface area (Å²) in [5, 5.41) is 12.3. The summed E-state index contributed by atoms with van der Waals surface area (Å²) in [5.41, 5.74) is 10.6. The van der Waals surface area contributed by atoms with Gasteiger partial charge in [0.1, 0.15) is 67.0 Å². The van der Waals surface area contributed by atoms with Gasteiger partial charge < -0.3 is 92.7 Å². The van der Waals surface area contributed by atoms with Gasteiger partial charge in [-0.1, -0.05) is 68.3 Å². The average Bonchev–Trinajstić information content (AvgIpc) is 1.62. The van der Waals surface area contributed by atoms with Crippen LogP contribution < -0.4 is 43.6 Å². The second-order valence-electron chi connectivity index (χ2n) is 33.6. The van der Waals surface area contributed by atoms with Crippen molar-refractivity contribution in [3.05, 3.63) is 201 Å². The third kappa shape index (κ3) is 24.8. The zero-order chi connectivity index (χ0) is 86.2. The number of carbonyl (C=O) groups is 3. The molecule has 0 bridgehead atoms. The van der Waals surface area contributed by atoms with E-state index in [1.807, 2.05) is 37.4 Å². The van der Waals surface area contributed by atoms with E-state index >= 15 is 0 Å². The Labute approximate surface area is 802 Å². The third-order valence-corrected chi connectivity index (χ3v) is 25.9. The summed E-state index contributed by atoms with van der Waals surface area (Å²) in [5.74, 6) is 2.83. The summed E-state index contributed by atoms with van der Waals surface area (Å²) in [6.45, 7) is 51.8. The van der Waals surface area contributed by atoms with Crippen molar-refractivity contribution in [3.8, 4) is 18.0 Å². The Morgan fingerprint density at radius 2 is 0.837 bits per heavy atom. The standard InChI is InChI=1S/C33H40N8O2.C30H38FN7O2.C30H39N7O3.6H2S/c1-5-29(42)41-18-17-40(20-26(41)19-34-3)31-27-12-8-16-39(32-30-23(2)9-6-10-24(30)13-14-35-32)21-28(27)36-33(37-31)43-22-25-11-7-15-38(25)4;1-5-27(39)38-16-15-37(18-23(38)17-32-3)29-24-11-8-14-36(28-21(2)9-6-12-25(28)31)19-26(24)33-30(34-29)40-20-22-10-7-13-35(22)4;1-4-28(39)37-16-15-36(18-24(37)17-31-2)29-25-11-8-14-35(27-12-6-5-9-22(27)20-38)19-26(25)32-30(33-29)40-21-23-10-7-13-34(23)3;;;;;;/h5-6,9-10,13-14,25-26H,1,7-8,11-12,15-22H2,2,4H3;5-6,9,12,22-23H,1,7-8,10-11,13-20H2,2,4H3;4-6,9,12,23-24,38H,1,7-8,10-11,13-21H2,3H3;6*1H2/t25-,26-;22-,23-;23-,24-;;;;;;/m000....../s1. The number of ether oxygens (including phenoxy) is 3. The summed E-state index contributed by atoms with van der Waals surface area (Å²) < 4.78 is 33.8. The van der Waals surface area contributed by atoms with E-state index in [9.17, 15) is 23.9 Å². The fourth-order valence-corrected chi connectivity index (χ4v) is 19.2. The maximum Gasteiger partial charge on any atom is 0.318 e. The number of nitrogens with zero attached hydrogens (tertiary/aromatic N) is 22. The van der Waals surface area contributed by atoms with Gasteiger partial charge in [0.2, 0.25) is 37.4 Å². The Bertz CT molecular complexity index is 5100. The largest absolute Gasteiger partial charge is 0.462 e. The smallest absolute Gasteiger partial charge is 0.318 e. The van der Waals surface area contributed by atoms with E-state index in [-0.39, 0.29) is 149 Å². The number of likely N-dealkylation sites (tertiary alicyclic amines) is 3. The van der Waals surface area contributed by atoms with Crippen molar-refractivity contribution >= 4 is 144 Å². The molecule has 9 aliphatic rings. The average molecular weight is 1880 g/mol. The van der Waals surface area contributed by atoms with E-state index in [2.05, 4.69) is 137 Å². The Morgan fingerprint density at radius 3 is 1.23 bits per heavy atom. The monoisotopic (exact) mass is 1880 g/mol. The van der Waals surface area contributed by atoms with Crippen LogP contribution in [0.15, 0.2) is 111 Å². The number of amides is 3. The Morgan fingerprint density at radius 1 is 0.450 bits per heavy atom. The highest BCUT2D eigenvalue weighted by molar-refractivity contribution is 7.60. The third-order valence-electron chi connectivity index (χ3n) is 25.9. The van der Waals surface area contributed by atoms with Crippen LogP contribution in [0.5, 0.6) is 18.0 Å². The summed E-state index contributed by atoms with van der Waals surface area (Å²) >= 11 is 0. The first-order chi connectivity index (χ1) is 59.9. The molecule has 696 valence electrons. The van der Waals surface area contributed by atoms with Crippen molar-refractivity contribution in [2.24, 2.45) is 0 Å². The van der Waals surface area contributed by atoms with Crippen LogP contribution in [-0.2, 0) is 59.9 Å². The van der Waals surface area contributed by atoms with Gasteiger partial charge in [0.25, 0.3) is 0 Å². The highest BCUT2D eigenvalue weighted by Gasteiger charge is 2.40. The Kier molecular flexibility index (Phi) is 40.4. The molecule has 6 fully saturated rings. The minimum Gasteiger partial charge on any atom is -0.462 e. The predicted octanol–water partition coefficient (Wildman–Crippen LogP) is 10.5. The zero-order valence-electron chi connectivity index (χ0n) is 75.0. The molecule has 4 aromatic heterocycles. The maximum atomic E-state index is 15.0. The second-order valence-corrected chi connectivity index (χ2v) is 33.6. The summed E-state index contributed by atoms with van der Waals surface area (Å²) in [7, 11) is 6.38. The molecule has 6 saturated heterocycles. The number of halogens is 1. The molecule has 9 aliphatic heterocycles. The molecule has 3 aromatic carbocycles. The number of aliphatic hydroxyl groups excluding tert-OH is 1. The van der Waals surface area contributed by atoms with Gasteiger partial charge in [-0.2, -0.15) is 111 Å². The number of fused-ring (bicyclic) bond motifs is 4. The fraction of sp³-hybridized carbons (Fsp3) is 0.516. The molecule has 0 saturated carbocycles. The van der Waals surface area contributed by atoms with Crippen molar-refractivity contribution in [3.63, 3.8) is 0 Å². The van der Waals surface area contributed by atoms with E-state index in [0.29, 0.717) is 147 Å². The van der Waals surface area contributed by atoms with Gasteiger partial charge in [0.05, 0.1) is 49.0 Å². The molecule has 36 heteroatoms. The fourth-order valence-electron chi connectivity index (χ4n) is 19.2. The van der Waals surface area contributed by atoms with Crippen LogP contribution >= 0.6 is 81.0 Å². The number of anilines is 6. The highest BCUT2D eigenvalue weighted by atomic mass is 32.1. The topological polar surface area (TPSA) is 241 Å². The minimum atomic E-state index is -0.262. The maximum absolute atomic E-state index is 15.0. The summed E-state index contributed by atoms with van der Waals surface area (Å²) in [6, 6.07) is 23.0. The van der Waals surface area contributed by atoms with Gasteiger partial charge in [0, 0.05) is 136 Å². The number of aliphatic hydroxyl groups is 1. The molecule has 0 aliphatic carbocycles. The molecule has 16 rings (SSSR count). The Balaban J connectivity index is 0.000000234. The lowest BCUT2D eigenvalue weighted by Crippen LogP contribution is -2.56. The number of piperazine rings is 3. The van der Waals surface area contributed by atoms with Crippen LogP contribution in [0.1, 0.15) is 108 Å². The van der Waals surface area contributed by atoms with E-state index in [1.54, 1.807) is 20.8 Å². The van der Waals surface area contributed by atoms with Crippen LogP contribution in [-0.4, -0.2) is 282 Å². The van der Waals surface area contributed by atoms with Gasteiger partial charge in [-0.3, -0.25) is 14.4 Å². The van der Waals surface area contributed by atoms with Crippen molar-refractivity contribution in [1.82, 2.24) is 64.3 Å². The molecule has 29 nitrogen and oxygen atoms in total. The molecule has 6 atom stereocenters. The number of hydrogen-bond acceptors (Lipinski definition) is 23. The molecule has 0 spiro atoms. The number of para-hydroxylation sites is 2. The van der Waals surface area contributed by atoms with Crippen LogP contribution in [0.25, 0.3) is 25.3 Å². The van der Waals surface area contributed by atoms with Crippen LogP contribution in [0.4, 0.5) is 39.0 Å². The molecule has 0 unspecified atom stereocenters. The molecule has 3 amide bonds. The minimum absolute atomic E-state index is 0. The van der Waals surface area contributed by atoms with Gasteiger partial charge in [-0.05, 0) is 185 Å². The lowest BCUT2D eigenvalue weighted by molar-refractivity contribution is -0.129. The molecular formula is C93H129FN22O7S6. The van der Waals surface area contributed by atoms with E-state index in [4.69, 9.17) is 68.8 Å². The number of aryl methyl sites for hydroxylation is 2. The number of pyridine rings is 1. The van der Waals surface area contributed by atoms with Crippen molar-refractivity contribution < 1.29 is 38.1 Å². The zero-order valence-corrected chi connectivity index (χ0v) is 81.0. The Hall–Kier alpha value is -9.52. The summed E-state index contributed by atoms with van der Waals surface area (Å²) in [4.78, 5) is 109. The second kappa shape index (κ2) is 49.6. The first-order valence-corrected chi connectivity index (χ1v) is 43.6. The van der Waals surface area contributed by atoms with Gasteiger partial charge in [0.15, 0.2) is 0 Å². The van der Waals surface area contributed by atoms with Gasteiger partial charge in [-0.25, -0.2) is 29.1 Å². The number of benzene rings is 3. The first-order valence-electron chi connectivity index (χ1n) is 43.6. The molecule has 1 N–H and O–H groups in total. The quantitative estimate of drug-likeness (QED) is 0.0490. The van der Waals surface area contributed by atoms with Crippen LogP contribution in [0.3, 0.4) is 0 Å². The van der Waals surface area contributed by atoms with E-state index < -0.39 is 0 Å². The molecule has 0 radical (unpaired) electrons. The molecular weight excluding hydrogens is 1750 g/mol. The lowest BCUT2D eigenvalue weighted by atomic mass is 10.1. The van der Waals surface area contributed by atoms with Crippen molar-refractivity contribution in [2.45, 2.75) is 153 Å².